The van der Waals surface area contributed by atoms with E-state index in [0.29, 0.717) is 11.4 Å². The zero-order valence-corrected chi connectivity index (χ0v) is 7.97. The number of nitrogens with one attached hydrogen (secondary N) is 1. The van der Waals surface area contributed by atoms with E-state index in [1.165, 1.54) is 7.11 Å². The van der Waals surface area contributed by atoms with Crippen molar-refractivity contribution in [3.8, 4) is 0 Å². The Morgan fingerprint density at radius 2 is 2.08 bits per heavy atom. The van der Waals surface area contributed by atoms with Gasteiger partial charge < -0.3 is 0 Å². The van der Waals surface area contributed by atoms with E-state index in [0.717, 1.165) is 5.56 Å². The summed E-state index contributed by atoms with van der Waals surface area (Å²) in [4.78, 5) is 15.7. The Kier molecular flexibility index (Phi) is 3.73. The first-order chi connectivity index (χ1) is 6.27. The minimum atomic E-state index is -0.261. The fraction of sp³-hybridized carbons (Fsp3) is 0.222. The monoisotopic (exact) mass is 199 g/mol. The molecular weight excluding hydrogens is 190 g/mol. The van der Waals surface area contributed by atoms with Gasteiger partial charge in [-0.1, -0.05) is 12.1 Å². The van der Waals surface area contributed by atoms with Gasteiger partial charge in [0.1, 0.15) is 0 Å². The van der Waals surface area contributed by atoms with Crippen molar-refractivity contribution >= 4 is 17.5 Å². The fourth-order valence-electron chi connectivity index (χ4n) is 0.897. The van der Waals surface area contributed by atoms with Crippen LogP contribution in [0.4, 0.5) is 0 Å². The predicted octanol–water partition coefficient (Wildman–Crippen LogP) is 1.72. The SMILES string of the molecule is CONC(=O)c1ccc(CCl)cc1. The highest BCUT2D eigenvalue weighted by atomic mass is 35.5. The van der Waals surface area contributed by atoms with Gasteiger partial charge >= 0.3 is 0 Å². The molecule has 3 nitrogen and oxygen atoms in total. The average Bonchev–Trinajstić information content (AvgIpc) is 2.18. The third-order valence-electron chi connectivity index (χ3n) is 1.57. The van der Waals surface area contributed by atoms with Gasteiger partial charge in [-0.25, -0.2) is 5.48 Å². The molecule has 0 atom stereocenters. The van der Waals surface area contributed by atoms with Crippen molar-refractivity contribution in [3.05, 3.63) is 35.4 Å². The number of alkyl halides is 1. The van der Waals surface area contributed by atoms with Crippen LogP contribution in [0.5, 0.6) is 0 Å². The zero-order chi connectivity index (χ0) is 9.68. The highest BCUT2D eigenvalue weighted by Gasteiger charge is 2.03. The normalized spacial score (nSPS) is 9.69. The van der Waals surface area contributed by atoms with Crippen molar-refractivity contribution in [3.63, 3.8) is 0 Å². The molecule has 70 valence electrons. The number of carbonyl (C=O) groups is 1. The zero-order valence-electron chi connectivity index (χ0n) is 7.21. The maximum absolute atomic E-state index is 11.2. The van der Waals surface area contributed by atoms with Crippen LogP contribution in [0, 0.1) is 0 Å². The standard InChI is InChI=1S/C9H10ClNO2/c1-13-11-9(12)8-4-2-7(6-10)3-5-8/h2-5H,6H2,1H3,(H,11,12). The molecule has 0 aliphatic heterocycles. The topological polar surface area (TPSA) is 38.3 Å². The molecule has 1 N–H and O–H groups in total. The second kappa shape index (κ2) is 4.84. The summed E-state index contributed by atoms with van der Waals surface area (Å²) in [6.07, 6.45) is 0. The van der Waals surface area contributed by atoms with Gasteiger partial charge in [-0.3, -0.25) is 9.63 Å². The number of hydrogen-bond acceptors (Lipinski definition) is 2. The molecular formula is C9H10ClNO2. The third-order valence-corrected chi connectivity index (χ3v) is 1.87. The number of amides is 1. The van der Waals surface area contributed by atoms with Gasteiger partial charge in [0.2, 0.25) is 0 Å². The van der Waals surface area contributed by atoms with Gasteiger partial charge in [-0.05, 0) is 17.7 Å². The van der Waals surface area contributed by atoms with Gasteiger partial charge in [0.05, 0.1) is 7.11 Å². The second-order valence-corrected chi connectivity index (χ2v) is 2.73. The minimum Gasteiger partial charge on any atom is -0.277 e. The molecule has 0 radical (unpaired) electrons. The van der Waals surface area contributed by atoms with Crippen molar-refractivity contribution in [2.24, 2.45) is 0 Å². The summed E-state index contributed by atoms with van der Waals surface area (Å²) in [6, 6.07) is 7.01. The lowest BCUT2D eigenvalue weighted by molar-refractivity contribution is 0.0537. The number of carbonyl (C=O) groups excluding carboxylic acids is 1. The molecule has 13 heavy (non-hydrogen) atoms. The summed E-state index contributed by atoms with van der Waals surface area (Å²) in [5, 5.41) is 0. The molecule has 1 amide bonds. The van der Waals surface area contributed by atoms with Crippen LogP contribution in [0.25, 0.3) is 0 Å². The Morgan fingerprint density at radius 3 is 2.54 bits per heavy atom. The molecule has 0 spiro atoms. The molecule has 1 rings (SSSR count). The number of benzene rings is 1. The average molecular weight is 200 g/mol. The van der Waals surface area contributed by atoms with Crippen LogP contribution in [-0.2, 0) is 10.7 Å². The lowest BCUT2D eigenvalue weighted by Gasteiger charge is -2.01. The predicted molar refractivity (Wildman–Crippen MR) is 50.5 cm³/mol. The minimum absolute atomic E-state index is 0.261. The van der Waals surface area contributed by atoms with Crippen LogP contribution in [-0.4, -0.2) is 13.0 Å². The Hall–Kier alpha value is -1.06. The van der Waals surface area contributed by atoms with E-state index in [4.69, 9.17) is 11.6 Å². The highest BCUT2D eigenvalue weighted by molar-refractivity contribution is 6.17. The molecule has 0 bridgehead atoms. The summed E-state index contributed by atoms with van der Waals surface area (Å²) < 4.78 is 0. The van der Waals surface area contributed by atoms with E-state index in [-0.39, 0.29) is 5.91 Å². The number of hydroxylamine groups is 1. The first-order valence-electron chi connectivity index (χ1n) is 3.76. The van der Waals surface area contributed by atoms with E-state index in [1.54, 1.807) is 24.3 Å². The molecule has 1 aromatic carbocycles. The van der Waals surface area contributed by atoms with E-state index in [9.17, 15) is 4.79 Å². The van der Waals surface area contributed by atoms with E-state index in [1.807, 2.05) is 0 Å². The molecule has 0 fully saturated rings. The fourth-order valence-corrected chi connectivity index (χ4v) is 1.08. The van der Waals surface area contributed by atoms with Crippen LogP contribution in [0.1, 0.15) is 15.9 Å². The van der Waals surface area contributed by atoms with E-state index in [2.05, 4.69) is 10.3 Å². The summed E-state index contributed by atoms with van der Waals surface area (Å²) in [5.74, 6) is 0.190. The van der Waals surface area contributed by atoms with Crippen molar-refractivity contribution in [2.45, 2.75) is 5.88 Å². The van der Waals surface area contributed by atoms with E-state index >= 15 is 0 Å². The van der Waals surface area contributed by atoms with Crippen LogP contribution >= 0.6 is 11.6 Å². The Bertz CT molecular complexity index is 284. The molecule has 0 aromatic heterocycles. The van der Waals surface area contributed by atoms with Crippen LogP contribution in [0.15, 0.2) is 24.3 Å². The molecule has 0 unspecified atom stereocenters. The molecule has 0 saturated carbocycles. The summed E-state index contributed by atoms with van der Waals surface area (Å²) in [6.45, 7) is 0. The summed E-state index contributed by atoms with van der Waals surface area (Å²) >= 11 is 5.59. The third kappa shape index (κ3) is 2.72. The number of rotatable bonds is 3. The van der Waals surface area contributed by atoms with Crippen LogP contribution in [0.3, 0.4) is 0 Å². The van der Waals surface area contributed by atoms with Gasteiger partial charge in [0.15, 0.2) is 0 Å². The lowest BCUT2D eigenvalue weighted by Crippen LogP contribution is -2.21. The van der Waals surface area contributed by atoms with Crippen LogP contribution in [0.2, 0.25) is 0 Å². The molecule has 1 aromatic rings. The molecule has 0 aliphatic carbocycles. The second-order valence-electron chi connectivity index (χ2n) is 2.47. The summed E-state index contributed by atoms with van der Waals surface area (Å²) in [7, 11) is 1.39. The van der Waals surface area contributed by atoms with Crippen LogP contribution < -0.4 is 5.48 Å². The smallest absolute Gasteiger partial charge is 0.274 e. The van der Waals surface area contributed by atoms with Gasteiger partial charge in [-0.15, -0.1) is 11.6 Å². The maximum Gasteiger partial charge on any atom is 0.274 e. The van der Waals surface area contributed by atoms with Crippen molar-refractivity contribution < 1.29 is 9.63 Å². The molecule has 0 heterocycles. The molecule has 0 saturated heterocycles. The first kappa shape index (κ1) is 10.0. The quantitative estimate of drug-likeness (QED) is 0.595. The van der Waals surface area contributed by atoms with Gasteiger partial charge in [-0.2, -0.15) is 0 Å². The number of hydrogen-bond donors (Lipinski definition) is 1. The van der Waals surface area contributed by atoms with Crippen molar-refractivity contribution in [1.29, 1.82) is 0 Å². The van der Waals surface area contributed by atoms with Crippen molar-refractivity contribution in [1.82, 2.24) is 5.48 Å². The van der Waals surface area contributed by atoms with Crippen molar-refractivity contribution in [2.75, 3.05) is 7.11 Å². The first-order valence-corrected chi connectivity index (χ1v) is 4.29. The Morgan fingerprint density at radius 1 is 1.46 bits per heavy atom. The van der Waals surface area contributed by atoms with Gasteiger partial charge in [0, 0.05) is 11.4 Å². The molecule has 0 aliphatic rings. The molecule has 4 heteroatoms. The van der Waals surface area contributed by atoms with Gasteiger partial charge in [0.25, 0.3) is 5.91 Å². The van der Waals surface area contributed by atoms with E-state index < -0.39 is 0 Å². The number of halogens is 1. The Labute approximate surface area is 81.6 Å². The lowest BCUT2D eigenvalue weighted by atomic mass is 10.1. The summed E-state index contributed by atoms with van der Waals surface area (Å²) in [5.41, 5.74) is 3.76. The Balaban J connectivity index is 2.74. The highest BCUT2D eigenvalue weighted by Crippen LogP contribution is 2.06. The maximum atomic E-state index is 11.2. The largest absolute Gasteiger partial charge is 0.277 e.